The number of anilines is 1. The molecule has 1 amide bonds. The SMILES string of the molecule is CCC(Sc1ccccc1)C(=O)NCCc1ccc(N)cc1. The molecule has 0 fully saturated rings. The van der Waals surface area contributed by atoms with Gasteiger partial charge in [0.15, 0.2) is 0 Å². The predicted octanol–water partition coefficient (Wildman–Crippen LogP) is 3.50. The molecule has 2 rings (SSSR count). The first-order chi connectivity index (χ1) is 10.7. The second-order valence-corrected chi connectivity index (χ2v) is 6.39. The number of thioether (sulfide) groups is 1. The van der Waals surface area contributed by atoms with Gasteiger partial charge in [0, 0.05) is 17.1 Å². The summed E-state index contributed by atoms with van der Waals surface area (Å²) in [7, 11) is 0. The Kier molecular flexibility index (Phi) is 6.34. The van der Waals surface area contributed by atoms with Crippen LogP contribution >= 0.6 is 11.8 Å². The Morgan fingerprint density at radius 1 is 1.14 bits per heavy atom. The van der Waals surface area contributed by atoms with Crippen molar-refractivity contribution in [2.24, 2.45) is 0 Å². The third-order valence-corrected chi connectivity index (χ3v) is 4.75. The Labute approximate surface area is 136 Å². The summed E-state index contributed by atoms with van der Waals surface area (Å²) in [6.07, 6.45) is 1.63. The van der Waals surface area contributed by atoms with Gasteiger partial charge in [0.2, 0.25) is 5.91 Å². The zero-order valence-corrected chi connectivity index (χ0v) is 13.6. The van der Waals surface area contributed by atoms with Crippen LogP contribution in [0, 0.1) is 0 Å². The molecule has 3 N–H and O–H groups in total. The van der Waals surface area contributed by atoms with Gasteiger partial charge < -0.3 is 11.1 Å². The third-order valence-electron chi connectivity index (χ3n) is 3.38. The maximum atomic E-state index is 12.3. The normalized spacial score (nSPS) is 11.9. The first kappa shape index (κ1) is 16.4. The number of carbonyl (C=O) groups is 1. The number of carbonyl (C=O) groups excluding carboxylic acids is 1. The lowest BCUT2D eigenvalue weighted by atomic mass is 10.1. The zero-order valence-electron chi connectivity index (χ0n) is 12.8. The molecule has 0 spiro atoms. The Balaban J connectivity index is 1.80. The summed E-state index contributed by atoms with van der Waals surface area (Å²) in [6, 6.07) is 17.8. The molecule has 22 heavy (non-hydrogen) atoms. The quantitative estimate of drug-likeness (QED) is 0.607. The van der Waals surface area contributed by atoms with Crippen LogP contribution < -0.4 is 11.1 Å². The maximum absolute atomic E-state index is 12.3. The molecule has 0 aliphatic rings. The fraction of sp³-hybridized carbons (Fsp3) is 0.278. The molecule has 0 aromatic heterocycles. The third kappa shape index (κ3) is 5.11. The summed E-state index contributed by atoms with van der Waals surface area (Å²) in [5.41, 5.74) is 7.60. The Bertz CT molecular complexity index is 584. The van der Waals surface area contributed by atoms with Crippen molar-refractivity contribution >= 4 is 23.4 Å². The van der Waals surface area contributed by atoms with Crippen LogP contribution in [0.15, 0.2) is 59.5 Å². The van der Waals surface area contributed by atoms with Gasteiger partial charge in [-0.1, -0.05) is 37.3 Å². The zero-order chi connectivity index (χ0) is 15.8. The molecule has 1 unspecified atom stereocenters. The van der Waals surface area contributed by atoms with E-state index in [0.717, 1.165) is 23.4 Å². The second-order valence-electron chi connectivity index (χ2n) is 5.11. The molecule has 0 saturated carbocycles. The van der Waals surface area contributed by atoms with Gasteiger partial charge in [-0.3, -0.25) is 4.79 Å². The number of nitrogens with one attached hydrogen (secondary N) is 1. The average molecular weight is 314 g/mol. The highest BCUT2D eigenvalue weighted by molar-refractivity contribution is 8.00. The van der Waals surface area contributed by atoms with Crippen LogP contribution in [-0.4, -0.2) is 17.7 Å². The lowest BCUT2D eigenvalue weighted by Crippen LogP contribution is -2.33. The summed E-state index contributed by atoms with van der Waals surface area (Å²) in [6.45, 7) is 2.69. The van der Waals surface area contributed by atoms with Crippen LogP contribution in [0.1, 0.15) is 18.9 Å². The number of amides is 1. The summed E-state index contributed by atoms with van der Waals surface area (Å²) in [5, 5.41) is 2.98. The fourth-order valence-corrected chi connectivity index (χ4v) is 3.11. The molecule has 0 heterocycles. The van der Waals surface area contributed by atoms with Gasteiger partial charge >= 0.3 is 0 Å². The molecule has 2 aromatic rings. The second kappa shape index (κ2) is 8.49. The van der Waals surface area contributed by atoms with E-state index in [1.807, 2.05) is 61.5 Å². The molecular weight excluding hydrogens is 292 g/mol. The topological polar surface area (TPSA) is 55.1 Å². The minimum atomic E-state index is -0.0474. The van der Waals surface area contributed by atoms with Crippen LogP contribution in [0.2, 0.25) is 0 Å². The van der Waals surface area contributed by atoms with E-state index < -0.39 is 0 Å². The molecule has 1 atom stereocenters. The van der Waals surface area contributed by atoms with Crippen molar-refractivity contribution in [3.63, 3.8) is 0 Å². The van der Waals surface area contributed by atoms with Crippen LogP contribution in [-0.2, 0) is 11.2 Å². The van der Waals surface area contributed by atoms with Gasteiger partial charge in [-0.15, -0.1) is 11.8 Å². The molecule has 0 bridgehead atoms. The van der Waals surface area contributed by atoms with Crippen LogP contribution in [0.3, 0.4) is 0 Å². The van der Waals surface area contributed by atoms with Crippen LogP contribution in [0.25, 0.3) is 0 Å². The highest BCUT2D eigenvalue weighted by atomic mass is 32.2. The van der Waals surface area contributed by atoms with Gasteiger partial charge in [0.05, 0.1) is 5.25 Å². The molecule has 116 valence electrons. The number of rotatable bonds is 7. The van der Waals surface area contributed by atoms with Gasteiger partial charge in [-0.05, 0) is 42.7 Å². The van der Waals surface area contributed by atoms with Crippen molar-refractivity contribution in [1.29, 1.82) is 0 Å². The average Bonchev–Trinajstić information content (AvgIpc) is 2.55. The number of hydrogen-bond acceptors (Lipinski definition) is 3. The Hall–Kier alpha value is -1.94. The van der Waals surface area contributed by atoms with Crippen molar-refractivity contribution < 1.29 is 4.79 Å². The van der Waals surface area contributed by atoms with Gasteiger partial charge in [-0.25, -0.2) is 0 Å². The monoisotopic (exact) mass is 314 g/mol. The Morgan fingerprint density at radius 3 is 2.45 bits per heavy atom. The van der Waals surface area contributed by atoms with Gasteiger partial charge in [0.25, 0.3) is 0 Å². The minimum absolute atomic E-state index is 0.0474. The molecule has 2 aromatic carbocycles. The Morgan fingerprint density at radius 2 is 1.82 bits per heavy atom. The maximum Gasteiger partial charge on any atom is 0.233 e. The molecule has 0 saturated heterocycles. The van der Waals surface area contributed by atoms with E-state index in [1.165, 1.54) is 5.56 Å². The van der Waals surface area contributed by atoms with Crippen molar-refractivity contribution in [3.05, 3.63) is 60.2 Å². The summed E-state index contributed by atoms with van der Waals surface area (Å²) >= 11 is 1.62. The van der Waals surface area contributed by atoms with E-state index in [2.05, 4.69) is 5.32 Å². The standard InChI is InChI=1S/C18H22N2OS/c1-2-17(22-16-6-4-3-5-7-16)18(21)20-13-12-14-8-10-15(19)11-9-14/h3-11,17H,2,12-13,19H2,1H3,(H,20,21). The predicted molar refractivity (Wildman–Crippen MR) is 93.9 cm³/mol. The summed E-state index contributed by atoms with van der Waals surface area (Å²) in [5.74, 6) is 0.104. The lowest BCUT2D eigenvalue weighted by Gasteiger charge is -2.14. The van der Waals surface area contributed by atoms with E-state index in [-0.39, 0.29) is 11.2 Å². The van der Waals surface area contributed by atoms with Crippen molar-refractivity contribution in [1.82, 2.24) is 5.32 Å². The number of benzene rings is 2. The minimum Gasteiger partial charge on any atom is -0.399 e. The van der Waals surface area contributed by atoms with Crippen molar-refractivity contribution in [3.8, 4) is 0 Å². The molecule has 0 aliphatic heterocycles. The first-order valence-corrected chi connectivity index (χ1v) is 8.41. The van der Waals surface area contributed by atoms with E-state index >= 15 is 0 Å². The highest BCUT2D eigenvalue weighted by Gasteiger charge is 2.17. The number of nitrogens with two attached hydrogens (primary N) is 1. The molecule has 0 aliphatic carbocycles. The molecular formula is C18H22N2OS. The molecule has 4 heteroatoms. The van der Waals surface area contributed by atoms with Gasteiger partial charge in [-0.2, -0.15) is 0 Å². The summed E-state index contributed by atoms with van der Waals surface area (Å²) < 4.78 is 0. The van der Waals surface area contributed by atoms with E-state index in [1.54, 1.807) is 11.8 Å². The fourth-order valence-electron chi connectivity index (χ4n) is 2.11. The number of hydrogen-bond donors (Lipinski definition) is 2. The molecule has 3 nitrogen and oxygen atoms in total. The van der Waals surface area contributed by atoms with Crippen LogP contribution in [0.5, 0.6) is 0 Å². The van der Waals surface area contributed by atoms with E-state index in [0.29, 0.717) is 6.54 Å². The van der Waals surface area contributed by atoms with E-state index in [4.69, 9.17) is 5.73 Å². The smallest absolute Gasteiger partial charge is 0.233 e. The van der Waals surface area contributed by atoms with Crippen molar-refractivity contribution in [2.45, 2.75) is 29.9 Å². The van der Waals surface area contributed by atoms with Gasteiger partial charge in [0.1, 0.15) is 0 Å². The van der Waals surface area contributed by atoms with Crippen molar-refractivity contribution in [2.75, 3.05) is 12.3 Å². The summed E-state index contributed by atoms with van der Waals surface area (Å²) in [4.78, 5) is 13.4. The first-order valence-electron chi connectivity index (χ1n) is 7.53. The highest BCUT2D eigenvalue weighted by Crippen LogP contribution is 2.25. The largest absolute Gasteiger partial charge is 0.399 e. The lowest BCUT2D eigenvalue weighted by molar-refractivity contribution is -0.120. The number of nitrogen functional groups attached to an aromatic ring is 1. The van der Waals surface area contributed by atoms with Crippen LogP contribution in [0.4, 0.5) is 5.69 Å². The molecule has 0 radical (unpaired) electrons. The van der Waals surface area contributed by atoms with E-state index in [9.17, 15) is 4.79 Å².